The van der Waals surface area contributed by atoms with Crippen LogP contribution in [0.15, 0.2) is 42.9 Å². The molecular weight excluding hydrogens is 328 g/mol. The lowest BCUT2D eigenvalue weighted by Gasteiger charge is -2.35. The largest absolute Gasteiger partial charge is 0.328 e. The molecule has 1 aromatic carbocycles. The number of nitrogens with zero attached hydrogens (tertiary/aromatic N) is 6. The predicted octanol–water partition coefficient (Wildman–Crippen LogP) is 2.68. The lowest BCUT2D eigenvalue weighted by Crippen LogP contribution is -2.39. The molecule has 1 amide bonds. The summed E-state index contributed by atoms with van der Waals surface area (Å²) in [4.78, 5) is 15.1. The summed E-state index contributed by atoms with van der Waals surface area (Å²) in [5.74, 6) is 0.828. The third-order valence-electron chi connectivity index (χ3n) is 4.91. The fraction of sp³-hybridized carbons (Fsp3) is 0.368. The Morgan fingerprint density at radius 2 is 2.00 bits per heavy atom. The first-order valence-electron chi connectivity index (χ1n) is 8.91. The molecule has 0 aliphatic carbocycles. The van der Waals surface area contributed by atoms with Gasteiger partial charge in [0, 0.05) is 25.5 Å². The second kappa shape index (κ2) is 6.74. The number of hydrogen-bond acceptors (Lipinski definition) is 4. The lowest BCUT2D eigenvalue weighted by atomic mass is 10.00. The van der Waals surface area contributed by atoms with Gasteiger partial charge in [-0.2, -0.15) is 5.10 Å². The van der Waals surface area contributed by atoms with E-state index in [0.29, 0.717) is 5.56 Å². The molecule has 1 atom stereocenters. The van der Waals surface area contributed by atoms with Crippen LogP contribution in [0.2, 0.25) is 0 Å². The van der Waals surface area contributed by atoms with Crippen molar-refractivity contribution in [2.45, 2.75) is 32.2 Å². The first-order valence-corrected chi connectivity index (χ1v) is 8.91. The Balaban J connectivity index is 1.70. The molecule has 0 radical (unpaired) electrons. The SMILES string of the molecule is Cc1nn(C)cc1C(=O)N1CCCCC1c1nncn1-c1ccccc1. The van der Waals surface area contributed by atoms with Crippen molar-refractivity contribution in [3.05, 3.63) is 59.9 Å². The molecule has 1 aliphatic heterocycles. The first kappa shape index (κ1) is 16.5. The van der Waals surface area contributed by atoms with Crippen molar-refractivity contribution in [3.63, 3.8) is 0 Å². The summed E-state index contributed by atoms with van der Waals surface area (Å²) < 4.78 is 3.67. The number of carbonyl (C=O) groups is 1. The molecular formula is C19H22N6O. The molecule has 0 bridgehead atoms. The summed E-state index contributed by atoms with van der Waals surface area (Å²) in [6, 6.07) is 9.91. The highest BCUT2D eigenvalue weighted by Gasteiger charge is 2.33. The highest BCUT2D eigenvalue weighted by molar-refractivity contribution is 5.95. The topological polar surface area (TPSA) is 68.8 Å². The maximum Gasteiger partial charge on any atom is 0.257 e. The Hall–Kier alpha value is -2.96. The molecule has 1 fully saturated rings. The maximum absolute atomic E-state index is 13.2. The van der Waals surface area contributed by atoms with Crippen LogP contribution in [0.3, 0.4) is 0 Å². The van der Waals surface area contributed by atoms with Gasteiger partial charge >= 0.3 is 0 Å². The molecule has 4 rings (SSSR count). The van der Waals surface area contributed by atoms with Gasteiger partial charge in [-0.05, 0) is 38.3 Å². The van der Waals surface area contributed by atoms with E-state index in [1.807, 2.05) is 53.8 Å². The fourth-order valence-electron chi connectivity index (χ4n) is 3.67. The minimum absolute atomic E-state index is 0.0166. The van der Waals surface area contributed by atoms with E-state index >= 15 is 0 Å². The molecule has 1 unspecified atom stereocenters. The second-order valence-electron chi connectivity index (χ2n) is 6.71. The standard InChI is InChI=1S/C19H22N6O/c1-14-16(12-23(2)22-14)19(26)24-11-7-6-10-17(24)18-21-20-13-25(18)15-8-4-3-5-9-15/h3-5,8-9,12-13,17H,6-7,10-11H2,1-2H3. The van der Waals surface area contributed by atoms with Gasteiger partial charge in [0.2, 0.25) is 0 Å². The van der Waals surface area contributed by atoms with Gasteiger partial charge in [-0.1, -0.05) is 18.2 Å². The number of carbonyl (C=O) groups excluding carboxylic acids is 1. The van der Waals surface area contributed by atoms with Gasteiger partial charge in [0.25, 0.3) is 5.91 Å². The van der Waals surface area contributed by atoms with E-state index in [-0.39, 0.29) is 11.9 Å². The third kappa shape index (κ3) is 2.89. The zero-order valence-electron chi connectivity index (χ0n) is 15.0. The van der Waals surface area contributed by atoms with Crippen LogP contribution >= 0.6 is 0 Å². The molecule has 3 aromatic rings. The highest BCUT2D eigenvalue weighted by atomic mass is 16.2. The summed E-state index contributed by atoms with van der Waals surface area (Å²) in [7, 11) is 1.84. The van der Waals surface area contributed by atoms with E-state index in [1.54, 1.807) is 17.2 Å². The van der Waals surface area contributed by atoms with Gasteiger partial charge < -0.3 is 4.90 Å². The van der Waals surface area contributed by atoms with Gasteiger partial charge in [-0.25, -0.2) is 0 Å². The summed E-state index contributed by atoms with van der Waals surface area (Å²) in [5.41, 5.74) is 2.42. The quantitative estimate of drug-likeness (QED) is 0.728. The zero-order valence-corrected chi connectivity index (χ0v) is 15.0. The Bertz CT molecular complexity index is 913. The maximum atomic E-state index is 13.2. The number of benzene rings is 1. The number of rotatable bonds is 3. The summed E-state index contributed by atoms with van der Waals surface area (Å²) in [6.07, 6.45) is 6.47. The summed E-state index contributed by atoms with van der Waals surface area (Å²) in [5, 5.41) is 12.8. The van der Waals surface area contributed by atoms with Crippen molar-refractivity contribution in [3.8, 4) is 5.69 Å². The van der Waals surface area contributed by atoms with Crippen LogP contribution in [0.1, 0.15) is 47.2 Å². The van der Waals surface area contributed by atoms with Crippen LogP contribution in [0.25, 0.3) is 5.69 Å². The van der Waals surface area contributed by atoms with E-state index in [2.05, 4.69) is 15.3 Å². The van der Waals surface area contributed by atoms with Crippen molar-refractivity contribution < 1.29 is 4.79 Å². The van der Waals surface area contributed by atoms with Crippen molar-refractivity contribution in [2.24, 2.45) is 7.05 Å². The van der Waals surface area contributed by atoms with Gasteiger partial charge in [-0.15, -0.1) is 10.2 Å². The van der Waals surface area contributed by atoms with E-state index < -0.39 is 0 Å². The van der Waals surface area contributed by atoms with Crippen LogP contribution in [0.4, 0.5) is 0 Å². The van der Waals surface area contributed by atoms with Crippen molar-refractivity contribution in [1.82, 2.24) is 29.4 Å². The molecule has 3 heterocycles. The molecule has 26 heavy (non-hydrogen) atoms. The summed E-state index contributed by atoms with van der Waals surface area (Å²) >= 11 is 0. The average molecular weight is 350 g/mol. The second-order valence-corrected chi connectivity index (χ2v) is 6.71. The van der Waals surface area contributed by atoms with Crippen LogP contribution < -0.4 is 0 Å². The normalized spacial score (nSPS) is 17.5. The monoisotopic (exact) mass is 350 g/mol. The highest BCUT2D eigenvalue weighted by Crippen LogP contribution is 2.32. The van der Waals surface area contributed by atoms with Crippen LogP contribution in [0.5, 0.6) is 0 Å². The lowest BCUT2D eigenvalue weighted by molar-refractivity contribution is 0.0596. The molecule has 2 aromatic heterocycles. The third-order valence-corrected chi connectivity index (χ3v) is 4.91. The molecule has 0 spiro atoms. The van der Waals surface area contributed by atoms with E-state index in [1.165, 1.54) is 0 Å². The van der Waals surface area contributed by atoms with Crippen molar-refractivity contribution in [2.75, 3.05) is 6.54 Å². The Labute approximate surface area is 152 Å². The van der Waals surface area contributed by atoms with E-state index in [4.69, 9.17) is 0 Å². The predicted molar refractivity (Wildman–Crippen MR) is 96.9 cm³/mol. The van der Waals surface area contributed by atoms with Crippen molar-refractivity contribution >= 4 is 5.91 Å². The average Bonchev–Trinajstić information content (AvgIpc) is 3.28. The van der Waals surface area contributed by atoms with Gasteiger partial charge in [0.05, 0.1) is 17.3 Å². The summed E-state index contributed by atoms with van der Waals surface area (Å²) in [6.45, 7) is 2.60. The molecule has 7 heteroatoms. The minimum Gasteiger partial charge on any atom is -0.328 e. The van der Waals surface area contributed by atoms with Crippen molar-refractivity contribution in [1.29, 1.82) is 0 Å². The van der Waals surface area contributed by atoms with E-state index in [9.17, 15) is 4.79 Å². The molecule has 1 saturated heterocycles. The van der Waals surface area contributed by atoms with Gasteiger partial charge in [0.15, 0.2) is 5.82 Å². The molecule has 0 N–H and O–H groups in total. The smallest absolute Gasteiger partial charge is 0.257 e. The number of piperidine rings is 1. The molecule has 0 saturated carbocycles. The molecule has 7 nitrogen and oxygen atoms in total. The number of likely N-dealkylation sites (tertiary alicyclic amines) is 1. The number of hydrogen-bond donors (Lipinski definition) is 0. The Morgan fingerprint density at radius 3 is 2.73 bits per heavy atom. The van der Waals surface area contributed by atoms with Crippen LogP contribution in [0, 0.1) is 6.92 Å². The number of aryl methyl sites for hydroxylation is 2. The van der Waals surface area contributed by atoms with E-state index in [0.717, 1.165) is 43.0 Å². The van der Waals surface area contributed by atoms with Crippen LogP contribution in [-0.4, -0.2) is 41.9 Å². The fourth-order valence-corrected chi connectivity index (χ4v) is 3.67. The molecule has 134 valence electrons. The molecule has 1 aliphatic rings. The number of aromatic nitrogens is 5. The van der Waals surface area contributed by atoms with Gasteiger partial charge in [-0.3, -0.25) is 14.0 Å². The number of para-hydroxylation sites is 1. The number of amides is 1. The first-order chi connectivity index (χ1) is 12.6. The minimum atomic E-state index is -0.0847. The zero-order chi connectivity index (χ0) is 18.1. The Kier molecular flexibility index (Phi) is 4.28. The van der Waals surface area contributed by atoms with Gasteiger partial charge in [0.1, 0.15) is 6.33 Å². The Morgan fingerprint density at radius 1 is 1.19 bits per heavy atom. The van der Waals surface area contributed by atoms with Crippen LogP contribution in [-0.2, 0) is 7.05 Å².